The van der Waals surface area contributed by atoms with Gasteiger partial charge in [-0.05, 0) is 60.9 Å². The molecule has 0 saturated carbocycles. The van der Waals surface area contributed by atoms with Crippen molar-refractivity contribution in [1.82, 2.24) is 0 Å². The molecular weight excluding hydrogens is 629 g/mol. The Morgan fingerprint density at radius 2 is 1.59 bits per heavy atom. The highest BCUT2D eigenvalue weighted by Crippen LogP contribution is 2.36. The van der Waals surface area contributed by atoms with Gasteiger partial charge >= 0.3 is 24.2 Å². The zero-order valence-electron chi connectivity index (χ0n) is 24.2. The molecule has 0 amide bonds. The quantitative estimate of drug-likeness (QED) is 0.0542. The molecule has 0 fully saturated rings. The number of nitrogen functional groups attached to an aromatic ring is 2. The third-order valence-electron chi connectivity index (χ3n) is 6.50. The highest BCUT2D eigenvalue weighted by molar-refractivity contribution is 5.91. The van der Waals surface area contributed by atoms with Crippen LogP contribution in [0.3, 0.4) is 0 Å². The van der Waals surface area contributed by atoms with Crippen molar-refractivity contribution in [2.75, 3.05) is 18.1 Å². The van der Waals surface area contributed by atoms with E-state index in [-0.39, 0.29) is 23.4 Å². The summed E-state index contributed by atoms with van der Waals surface area (Å²) < 4.78 is 110. The summed E-state index contributed by atoms with van der Waals surface area (Å²) >= 11 is 0. The maximum absolute atomic E-state index is 14.7. The van der Waals surface area contributed by atoms with E-state index in [1.165, 1.54) is 30.3 Å². The number of ether oxygens (including phenoxy) is 3. The lowest BCUT2D eigenvalue weighted by molar-refractivity contribution is -0.187. The first-order valence-corrected chi connectivity index (χ1v) is 13.7. The lowest BCUT2D eigenvalue weighted by Crippen LogP contribution is -2.24. The summed E-state index contributed by atoms with van der Waals surface area (Å²) in [6.45, 7) is 1.13. The maximum Gasteiger partial charge on any atom is 0.429 e. The molecule has 3 aromatic carbocycles. The predicted molar refractivity (Wildman–Crippen MR) is 153 cm³/mol. The van der Waals surface area contributed by atoms with Crippen molar-refractivity contribution in [3.05, 3.63) is 88.5 Å². The summed E-state index contributed by atoms with van der Waals surface area (Å²) in [5, 5.41) is 9.13. The molecule has 0 radical (unpaired) electrons. The molecule has 46 heavy (non-hydrogen) atoms. The Morgan fingerprint density at radius 3 is 2.15 bits per heavy atom. The van der Waals surface area contributed by atoms with E-state index in [1.54, 1.807) is 6.92 Å². The average Bonchev–Trinajstić information content (AvgIpc) is 2.97. The fourth-order valence-electron chi connectivity index (χ4n) is 4.11. The molecule has 0 aliphatic carbocycles. The Hall–Kier alpha value is -4.95. The minimum Gasteiger partial charge on any atom is -0.490 e. The van der Waals surface area contributed by atoms with Gasteiger partial charge in [0.15, 0.2) is 11.6 Å². The van der Waals surface area contributed by atoms with Crippen LogP contribution in [0.1, 0.15) is 53.2 Å². The van der Waals surface area contributed by atoms with Crippen LogP contribution in [0.25, 0.3) is 6.08 Å². The number of carbonyl (C=O) groups is 2. The van der Waals surface area contributed by atoms with Gasteiger partial charge in [0.05, 0.1) is 12.2 Å². The van der Waals surface area contributed by atoms with Gasteiger partial charge < -0.3 is 30.8 Å². The van der Waals surface area contributed by atoms with Crippen LogP contribution in [0, 0.1) is 11.6 Å². The van der Waals surface area contributed by atoms with E-state index in [9.17, 15) is 40.3 Å². The number of carbonyl (C=O) groups excluding carboxylic acids is 1. The van der Waals surface area contributed by atoms with Crippen molar-refractivity contribution >= 4 is 29.4 Å². The van der Waals surface area contributed by atoms with Crippen molar-refractivity contribution in [1.29, 1.82) is 0 Å². The number of carboxylic acid groups (broad SMARTS) is 1. The number of anilines is 2. The van der Waals surface area contributed by atoms with Gasteiger partial charge in [0, 0.05) is 35.9 Å². The molecular formula is C31H29F7N2O6. The zero-order chi connectivity index (χ0) is 34.2. The Balaban J connectivity index is 1.60. The van der Waals surface area contributed by atoms with Crippen molar-refractivity contribution in [2.24, 2.45) is 0 Å². The molecule has 0 aliphatic rings. The number of nitrogens with two attached hydrogens (primary N) is 2. The Kier molecular flexibility index (Phi) is 11.5. The molecule has 0 aromatic heterocycles. The molecule has 1 unspecified atom stereocenters. The molecule has 0 aliphatic heterocycles. The molecule has 0 saturated heterocycles. The van der Waals surface area contributed by atoms with Gasteiger partial charge in [-0.3, -0.25) is 0 Å². The standard InChI is InChI=1S/C31H29F7N2O6/c1-2-19(16-21-23(39)14-18(29(42)43)15-24(21)40)45-26(41)11-6-17-4-7-20(8-5-17)46-31(37,38)22-9-10-25(28(33)27(22)32)44-13-3-12-30(34,35)36/h4-11,14-15,19H,2-3,12-13,16,39-40H2,1H3,(H,42,43). The summed E-state index contributed by atoms with van der Waals surface area (Å²) in [5.41, 5.74) is 11.4. The number of esters is 1. The summed E-state index contributed by atoms with van der Waals surface area (Å²) in [5.74, 6) is -7.03. The minimum atomic E-state index is -4.47. The monoisotopic (exact) mass is 658 g/mol. The number of alkyl halides is 5. The van der Waals surface area contributed by atoms with Crippen molar-refractivity contribution in [3.63, 3.8) is 0 Å². The summed E-state index contributed by atoms with van der Waals surface area (Å²) in [7, 11) is 0. The van der Waals surface area contributed by atoms with E-state index in [0.717, 1.165) is 18.2 Å². The smallest absolute Gasteiger partial charge is 0.429 e. The van der Waals surface area contributed by atoms with Gasteiger partial charge in [-0.1, -0.05) is 19.1 Å². The maximum atomic E-state index is 14.7. The molecule has 0 heterocycles. The van der Waals surface area contributed by atoms with Crippen LogP contribution in [0.4, 0.5) is 42.1 Å². The largest absolute Gasteiger partial charge is 0.490 e. The summed E-state index contributed by atoms with van der Waals surface area (Å²) in [6.07, 6.45) is -8.34. The van der Waals surface area contributed by atoms with Crippen molar-refractivity contribution < 1.29 is 59.6 Å². The summed E-state index contributed by atoms with van der Waals surface area (Å²) in [4.78, 5) is 23.6. The van der Waals surface area contributed by atoms with Crippen LogP contribution in [0.2, 0.25) is 0 Å². The Morgan fingerprint density at radius 1 is 0.957 bits per heavy atom. The molecule has 8 nitrogen and oxygen atoms in total. The lowest BCUT2D eigenvalue weighted by Gasteiger charge is -2.20. The highest BCUT2D eigenvalue weighted by atomic mass is 19.4. The number of aromatic carboxylic acids is 1. The minimum absolute atomic E-state index is 0.0872. The molecule has 5 N–H and O–H groups in total. The third-order valence-corrected chi connectivity index (χ3v) is 6.50. The normalized spacial score (nSPS) is 12.6. The van der Waals surface area contributed by atoms with E-state index in [4.69, 9.17) is 26.0 Å². The molecule has 0 spiro atoms. The number of hydrogen-bond acceptors (Lipinski definition) is 7. The first-order valence-electron chi connectivity index (χ1n) is 13.7. The zero-order valence-corrected chi connectivity index (χ0v) is 24.2. The van der Waals surface area contributed by atoms with Crippen LogP contribution in [0.5, 0.6) is 11.5 Å². The molecule has 3 rings (SSSR count). The van der Waals surface area contributed by atoms with Crippen molar-refractivity contribution in [2.45, 2.75) is 51.0 Å². The van der Waals surface area contributed by atoms with Crippen LogP contribution in [-0.4, -0.2) is 35.9 Å². The van der Waals surface area contributed by atoms with Gasteiger partial charge in [-0.15, -0.1) is 0 Å². The van der Waals surface area contributed by atoms with Crippen LogP contribution < -0.4 is 20.9 Å². The van der Waals surface area contributed by atoms with E-state index < -0.39 is 78.5 Å². The lowest BCUT2D eigenvalue weighted by atomic mass is 10.00. The van der Waals surface area contributed by atoms with Gasteiger partial charge in [-0.2, -0.15) is 26.3 Å². The van der Waals surface area contributed by atoms with Crippen LogP contribution in [-0.2, 0) is 22.1 Å². The second-order valence-electron chi connectivity index (χ2n) is 9.94. The SMILES string of the molecule is CCC(Cc1c(N)cc(C(=O)O)cc1N)OC(=O)C=Cc1ccc(OC(F)(F)c2ccc(OCCCC(F)(F)F)c(F)c2F)cc1. The molecule has 3 aromatic rings. The Bertz CT molecular complexity index is 1550. The molecule has 15 heteroatoms. The number of rotatable bonds is 14. The van der Waals surface area contributed by atoms with Gasteiger partial charge in [0.2, 0.25) is 5.82 Å². The second kappa shape index (κ2) is 14.9. The van der Waals surface area contributed by atoms with Crippen LogP contribution in [0.15, 0.2) is 54.6 Å². The number of hydrogen-bond donors (Lipinski definition) is 3. The number of benzene rings is 3. The summed E-state index contributed by atoms with van der Waals surface area (Å²) in [6, 6.07) is 8.44. The molecule has 248 valence electrons. The van der Waals surface area contributed by atoms with Gasteiger partial charge in [-0.25, -0.2) is 14.0 Å². The highest BCUT2D eigenvalue weighted by Gasteiger charge is 2.39. The number of halogens is 7. The van der Waals surface area contributed by atoms with E-state index in [2.05, 4.69) is 4.74 Å². The van der Waals surface area contributed by atoms with E-state index in [0.29, 0.717) is 29.7 Å². The fourth-order valence-corrected chi connectivity index (χ4v) is 4.11. The van der Waals surface area contributed by atoms with Gasteiger partial charge in [0.25, 0.3) is 0 Å². The Labute approximate surface area is 258 Å². The first-order chi connectivity index (χ1) is 21.5. The van der Waals surface area contributed by atoms with Crippen molar-refractivity contribution in [3.8, 4) is 11.5 Å². The predicted octanol–water partition coefficient (Wildman–Crippen LogP) is 7.25. The van der Waals surface area contributed by atoms with Crippen LogP contribution >= 0.6 is 0 Å². The third kappa shape index (κ3) is 9.78. The average molecular weight is 659 g/mol. The fraction of sp³-hybridized carbons (Fsp3) is 0.290. The second-order valence-corrected chi connectivity index (χ2v) is 9.94. The number of carboxylic acids is 1. The van der Waals surface area contributed by atoms with E-state index >= 15 is 0 Å². The van der Waals surface area contributed by atoms with E-state index in [1.807, 2.05) is 0 Å². The first kappa shape index (κ1) is 35.5. The molecule has 0 bridgehead atoms. The topological polar surface area (TPSA) is 134 Å². The molecule has 1 atom stereocenters. The van der Waals surface area contributed by atoms with Gasteiger partial charge in [0.1, 0.15) is 17.4 Å².